The zero-order chi connectivity index (χ0) is 16.5. The Bertz CT molecular complexity index is 645. The lowest BCUT2D eigenvalue weighted by molar-refractivity contribution is 0.624. The van der Waals surface area contributed by atoms with Gasteiger partial charge in [-0.05, 0) is 37.0 Å². The van der Waals surface area contributed by atoms with Crippen molar-refractivity contribution in [3.63, 3.8) is 0 Å². The molecule has 2 rings (SSSR count). The van der Waals surface area contributed by atoms with Gasteiger partial charge in [0.05, 0.1) is 6.54 Å². The Kier molecular flexibility index (Phi) is 9.85. The number of hydrogen-bond donors (Lipinski definition) is 2. The summed E-state index contributed by atoms with van der Waals surface area (Å²) in [4.78, 5) is 9.87. The van der Waals surface area contributed by atoms with Crippen LogP contribution >= 0.6 is 35.3 Å². The fraction of sp³-hybridized carbons (Fsp3) is 0.412. The number of halogens is 2. The van der Waals surface area contributed by atoms with Crippen molar-refractivity contribution < 1.29 is 4.39 Å². The average Bonchev–Trinajstić information content (AvgIpc) is 3.02. The summed E-state index contributed by atoms with van der Waals surface area (Å²) in [6.45, 7) is 3.59. The first-order valence-corrected chi connectivity index (χ1v) is 8.65. The lowest BCUT2D eigenvalue weighted by atomic mass is 10.1. The molecule has 1 aromatic carbocycles. The minimum atomic E-state index is -0.178. The van der Waals surface area contributed by atoms with E-state index in [4.69, 9.17) is 0 Å². The molecule has 0 saturated heterocycles. The molecule has 2 aromatic rings. The van der Waals surface area contributed by atoms with Gasteiger partial charge in [-0.25, -0.2) is 9.37 Å². The molecule has 0 bridgehead atoms. The standard InChI is InChI=1S/C17H23FN4S.HI/c1-3-15-11-21-16(23-15)12-22-17(19-2)20-9-5-7-13-6-4-8-14(18)10-13;/h4,6,8,10-11H,3,5,7,9,12H2,1-2H3,(H2,19,20,22);1H. The average molecular weight is 462 g/mol. The maximum atomic E-state index is 13.1. The van der Waals surface area contributed by atoms with Crippen molar-refractivity contribution in [1.82, 2.24) is 15.6 Å². The second kappa shape index (κ2) is 11.4. The maximum absolute atomic E-state index is 13.1. The number of rotatable bonds is 7. The predicted molar refractivity (Wildman–Crippen MR) is 110 cm³/mol. The van der Waals surface area contributed by atoms with Crippen molar-refractivity contribution in [2.24, 2.45) is 4.99 Å². The molecular weight excluding hydrogens is 438 g/mol. The van der Waals surface area contributed by atoms with Crippen molar-refractivity contribution in [3.8, 4) is 0 Å². The van der Waals surface area contributed by atoms with Gasteiger partial charge in [-0.3, -0.25) is 4.99 Å². The van der Waals surface area contributed by atoms with Gasteiger partial charge < -0.3 is 10.6 Å². The van der Waals surface area contributed by atoms with Crippen LogP contribution in [0, 0.1) is 5.82 Å². The number of aryl methyl sites for hydroxylation is 2. The van der Waals surface area contributed by atoms with Gasteiger partial charge in [-0.2, -0.15) is 0 Å². The van der Waals surface area contributed by atoms with Crippen LogP contribution in [0.5, 0.6) is 0 Å². The van der Waals surface area contributed by atoms with Crippen LogP contribution in [-0.4, -0.2) is 24.5 Å². The molecule has 4 nitrogen and oxygen atoms in total. The van der Waals surface area contributed by atoms with Gasteiger partial charge in [-0.15, -0.1) is 35.3 Å². The number of benzene rings is 1. The number of guanidine groups is 1. The van der Waals surface area contributed by atoms with Gasteiger partial charge >= 0.3 is 0 Å². The fourth-order valence-electron chi connectivity index (χ4n) is 2.16. The SMILES string of the molecule is CCc1cnc(CNC(=NC)NCCCc2cccc(F)c2)s1.I. The van der Waals surface area contributed by atoms with Gasteiger partial charge in [0.25, 0.3) is 0 Å². The monoisotopic (exact) mass is 462 g/mol. The highest BCUT2D eigenvalue weighted by Crippen LogP contribution is 2.12. The van der Waals surface area contributed by atoms with Crippen molar-refractivity contribution in [2.75, 3.05) is 13.6 Å². The lowest BCUT2D eigenvalue weighted by Crippen LogP contribution is -2.37. The minimum absolute atomic E-state index is 0. The van der Waals surface area contributed by atoms with E-state index in [0.717, 1.165) is 42.3 Å². The van der Waals surface area contributed by atoms with Crippen LogP contribution < -0.4 is 10.6 Å². The Hall–Kier alpha value is -1.22. The van der Waals surface area contributed by atoms with E-state index in [0.29, 0.717) is 6.54 Å². The molecule has 0 amide bonds. The molecule has 132 valence electrons. The van der Waals surface area contributed by atoms with Gasteiger partial charge in [0.2, 0.25) is 0 Å². The highest BCUT2D eigenvalue weighted by molar-refractivity contribution is 14.0. The summed E-state index contributed by atoms with van der Waals surface area (Å²) >= 11 is 1.72. The molecule has 0 aliphatic rings. The van der Waals surface area contributed by atoms with Crippen molar-refractivity contribution in [3.05, 3.63) is 51.7 Å². The van der Waals surface area contributed by atoms with Gasteiger partial charge in [0.15, 0.2) is 5.96 Å². The van der Waals surface area contributed by atoms with Crippen LogP contribution in [0.3, 0.4) is 0 Å². The number of nitrogens with zero attached hydrogens (tertiary/aromatic N) is 2. The van der Waals surface area contributed by atoms with Crippen LogP contribution in [0.25, 0.3) is 0 Å². The molecule has 0 spiro atoms. The number of thiazole rings is 1. The van der Waals surface area contributed by atoms with Crippen LogP contribution in [-0.2, 0) is 19.4 Å². The van der Waals surface area contributed by atoms with Crippen LogP contribution in [0.15, 0.2) is 35.5 Å². The number of nitrogens with one attached hydrogen (secondary N) is 2. The van der Waals surface area contributed by atoms with E-state index in [2.05, 4.69) is 27.5 Å². The molecule has 24 heavy (non-hydrogen) atoms. The first-order valence-electron chi connectivity index (χ1n) is 7.83. The molecule has 0 unspecified atom stereocenters. The Labute approximate surface area is 164 Å². The third-order valence-electron chi connectivity index (χ3n) is 3.40. The molecule has 2 N–H and O–H groups in total. The third kappa shape index (κ3) is 7.12. The summed E-state index contributed by atoms with van der Waals surface area (Å²) in [5, 5.41) is 7.58. The van der Waals surface area contributed by atoms with E-state index >= 15 is 0 Å². The third-order valence-corrected chi connectivity index (χ3v) is 4.55. The lowest BCUT2D eigenvalue weighted by Gasteiger charge is -2.10. The smallest absolute Gasteiger partial charge is 0.191 e. The van der Waals surface area contributed by atoms with Gasteiger partial charge in [-0.1, -0.05) is 19.1 Å². The Morgan fingerprint density at radius 2 is 2.17 bits per heavy atom. The van der Waals surface area contributed by atoms with Crippen LogP contribution in [0.2, 0.25) is 0 Å². The Morgan fingerprint density at radius 3 is 2.83 bits per heavy atom. The second-order valence-electron chi connectivity index (χ2n) is 5.16. The van der Waals surface area contributed by atoms with E-state index in [1.54, 1.807) is 30.5 Å². The maximum Gasteiger partial charge on any atom is 0.191 e. The van der Waals surface area contributed by atoms with Crippen LogP contribution in [0.4, 0.5) is 4.39 Å². The largest absolute Gasteiger partial charge is 0.356 e. The first-order chi connectivity index (χ1) is 11.2. The zero-order valence-electron chi connectivity index (χ0n) is 14.0. The second-order valence-corrected chi connectivity index (χ2v) is 6.36. The molecule has 1 heterocycles. The Morgan fingerprint density at radius 1 is 1.33 bits per heavy atom. The highest BCUT2D eigenvalue weighted by Gasteiger charge is 2.02. The van der Waals surface area contributed by atoms with E-state index in [9.17, 15) is 4.39 Å². The van der Waals surface area contributed by atoms with Crippen molar-refractivity contribution in [1.29, 1.82) is 0 Å². The molecule has 0 radical (unpaired) electrons. The molecular formula is C17H24FIN4S. The van der Waals surface area contributed by atoms with E-state index in [-0.39, 0.29) is 29.8 Å². The summed E-state index contributed by atoms with van der Waals surface area (Å²) in [7, 11) is 1.75. The quantitative estimate of drug-likeness (QED) is 0.285. The number of aromatic nitrogens is 1. The molecule has 7 heteroatoms. The van der Waals surface area contributed by atoms with Crippen molar-refractivity contribution in [2.45, 2.75) is 32.7 Å². The molecule has 1 aromatic heterocycles. The van der Waals surface area contributed by atoms with Crippen molar-refractivity contribution >= 4 is 41.3 Å². The number of hydrogen-bond acceptors (Lipinski definition) is 3. The summed E-state index contributed by atoms with van der Waals surface area (Å²) in [5.74, 6) is 0.584. The predicted octanol–water partition coefficient (Wildman–Crippen LogP) is 3.76. The van der Waals surface area contributed by atoms with E-state index < -0.39 is 0 Å². The Balaban J connectivity index is 0.00000288. The summed E-state index contributed by atoms with van der Waals surface area (Å²) in [6, 6.07) is 6.75. The first kappa shape index (κ1) is 20.8. The van der Waals surface area contributed by atoms with Gasteiger partial charge in [0, 0.05) is 24.7 Å². The molecule has 0 aliphatic carbocycles. The van der Waals surface area contributed by atoms with E-state index in [1.165, 1.54) is 10.9 Å². The topological polar surface area (TPSA) is 49.3 Å². The normalized spacial score (nSPS) is 11.0. The minimum Gasteiger partial charge on any atom is -0.356 e. The zero-order valence-corrected chi connectivity index (χ0v) is 17.2. The van der Waals surface area contributed by atoms with Gasteiger partial charge in [0.1, 0.15) is 10.8 Å². The molecule has 0 fully saturated rings. The molecule has 0 aliphatic heterocycles. The molecule has 0 saturated carbocycles. The fourth-order valence-corrected chi connectivity index (χ4v) is 2.97. The summed E-state index contributed by atoms with van der Waals surface area (Å²) in [5.41, 5.74) is 1.02. The number of aliphatic imine (C=N–C) groups is 1. The van der Waals surface area contributed by atoms with E-state index in [1.807, 2.05) is 12.3 Å². The summed E-state index contributed by atoms with van der Waals surface area (Å²) in [6.07, 6.45) is 4.71. The summed E-state index contributed by atoms with van der Waals surface area (Å²) < 4.78 is 13.1. The molecule has 0 atom stereocenters. The van der Waals surface area contributed by atoms with Crippen LogP contribution in [0.1, 0.15) is 28.8 Å². The highest BCUT2D eigenvalue weighted by atomic mass is 127.